The van der Waals surface area contributed by atoms with E-state index in [1.54, 1.807) is 18.5 Å². The summed E-state index contributed by atoms with van der Waals surface area (Å²) in [6, 6.07) is 15.8. The van der Waals surface area contributed by atoms with Crippen molar-refractivity contribution in [1.29, 1.82) is 5.41 Å². The molecule has 1 aliphatic rings. The molecular formula is C24H26N6O. The van der Waals surface area contributed by atoms with Gasteiger partial charge >= 0.3 is 6.03 Å². The molecule has 1 aromatic carbocycles. The van der Waals surface area contributed by atoms with E-state index in [9.17, 15) is 4.79 Å². The van der Waals surface area contributed by atoms with Gasteiger partial charge in [0.05, 0.1) is 11.9 Å². The fraction of sp³-hybridized carbons (Fsp3) is 0.250. The summed E-state index contributed by atoms with van der Waals surface area (Å²) < 4.78 is 0. The molecule has 1 fully saturated rings. The van der Waals surface area contributed by atoms with E-state index in [4.69, 9.17) is 5.41 Å². The molecule has 1 aliphatic carbocycles. The van der Waals surface area contributed by atoms with Gasteiger partial charge < -0.3 is 16.0 Å². The number of benzene rings is 1. The summed E-state index contributed by atoms with van der Waals surface area (Å²) in [4.78, 5) is 21.0. The first-order chi connectivity index (χ1) is 15.1. The zero-order valence-electron chi connectivity index (χ0n) is 17.4. The Morgan fingerprint density at radius 2 is 1.97 bits per heavy atom. The third-order valence-corrected chi connectivity index (χ3v) is 5.55. The standard InChI is InChI=1S/C24H26N6O/c1-16-11-21(9-10-26-16)28-22-15-27-23(13-19(22)14-25)30-24(31)29-20-8-7-18(12-20)17-5-3-2-4-6-17/h2-6,9-11,13-15,18,20,25H,7-8,12H2,1H3,(H,26,28)(H2,27,29,30,31). The summed E-state index contributed by atoms with van der Waals surface area (Å²) in [5.74, 6) is 0.890. The Kier molecular flexibility index (Phi) is 6.21. The van der Waals surface area contributed by atoms with E-state index in [0.29, 0.717) is 23.0 Å². The van der Waals surface area contributed by atoms with Gasteiger partial charge in [-0.2, -0.15) is 0 Å². The predicted molar refractivity (Wildman–Crippen MR) is 123 cm³/mol. The van der Waals surface area contributed by atoms with Gasteiger partial charge in [0.1, 0.15) is 5.82 Å². The SMILES string of the molecule is Cc1cc(Nc2cnc(NC(=O)NC3CCC(c4ccccc4)C3)cc2C=N)ccn1. The third kappa shape index (κ3) is 5.25. The van der Waals surface area contributed by atoms with Crippen LogP contribution in [-0.2, 0) is 0 Å². The van der Waals surface area contributed by atoms with Crippen molar-refractivity contribution in [2.24, 2.45) is 0 Å². The van der Waals surface area contributed by atoms with Crippen molar-refractivity contribution in [3.63, 3.8) is 0 Å². The molecule has 0 aliphatic heterocycles. The van der Waals surface area contributed by atoms with Gasteiger partial charge in [-0.25, -0.2) is 9.78 Å². The van der Waals surface area contributed by atoms with Crippen LogP contribution in [0, 0.1) is 12.3 Å². The first kappa shape index (κ1) is 20.5. The third-order valence-electron chi connectivity index (χ3n) is 5.55. The van der Waals surface area contributed by atoms with Gasteiger partial charge in [0.15, 0.2) is 0 Å². The summed E-state index contributed by atoms with van der Waals surface area (Å²) in [6.45, 7) is 1.92. The molecule has 2 heterocycles. The van der Waals surface area contributed by atoms with Gasteiger partial charge in [0.25, 0.3) is 0 Å². The number of rotatable bonds is 6. The molecule has 31 heavy (non-hydrogen) atoms. The largest absolute Gasteiger partial charge is 0.354 e. The Morgan fingerprint density at radius 1 is 1.13 bits per heavy atom. The lowest BCUT2D eigenvalue weighted by Gasteiger charge is -2.15. The van der Waals surface area contributed by atoms with Gasteiger partial charge in [0.2, 0.25) is 0 Å². The Balaban J connectivity index is 1.35. The highest BCUT2D eigenvalue weighted by atomic mass is 16.2. The summed E-state index contributed by atoms with van der Waals surface area (Å²) in [5, 5.41) is 16.8. The Labute approximate surface area is 181 Å². The van der Waals surface area contributed by atoms with Crippen LogP contribution in [0.3, 0.4) is 0 Å². The number of amides is 2. The molecule has 3 aromatic rings. The lowest BCUT2D eigenvalue weighted by atomic mass is 9.98. The van der Waals surface area contributed by atoms with Crippen LogP contribution in [-0.4, -0.2) is 28.3 Å². The van der Waals surface area contributed by atoms with Crippen molar-refractivity contribution in [3.8, 4) is 0 Å². The molecule has 2 amide bonds. The van der Waals surface area contributed by atoms with E-state index >= 15 is 0 Å². The lowest BCUT2D eigenvalue weighted by Crippen LogP contribution is -2.36. The van der Waals surface area contributed by atoms with E-state index in [0.717, 1.165) is 30.6 Å². The maximum Gasteiger partial charge on any atom is 0.320 e. The quantitative estimate of drug-likeness (QED) is 0.427. The van der Waals surface area contributed by atoms with E-state index in [-0.39, 0.29) is 12.1 Å². The number of anilines is 3. The molecule has 1 saturated carbocycles. The zero-order chi connectivity index (χ0) is 21.6. The fourth-order valence-corrected chi connectivity index (χ4v) is 4.02. The summed E-state index contributed by atoms with van der Waals surface area (Å²) in [6.07, 6.45) is 7.54. The van der Waals surface area contributed by atoms with E-state index in [1.165, 1.54) is 11.8 Å². The van der Waals surface area contributed by atoms with E-state index in [1.807, 2.05) is 25.1 Å². The van der Waals surface area contributed by atoms with Crippen LogP contribution >= 0.6 is 0 Å². The van der Waals surface area contributed by atoms with Crippen molar-refractivity contribution in [2.45, 2.75) is 38.1 Å². The summed E-state index contributed by atoms with van der Waals surface area (Å²) in [7, 11) is 0. The molecule has 2 aromatic heterocycles. The van der Waals surface area contributed by atoms with Crippen LogP contribution in [0.25, 0.3) is 0 Å². The van der Waals surface area contributed by atoms with Crippen LogP contribution in [0.15, 0.2) is 60.9 Å². The van der Waals surface area contributed by atoms with Crippen LogP contribution < -0.4 is 16.0 Å². The molecule has 7 heteroatoms. The maximum atomic E-state index is 12.5. The molecule has 2 unspecified atom stereocenters. The molecule has 4 N–H and O–H groups in total. The highest BCUT2D eigenvalue weighted by molar-refractivity contribution is 5.92. The van der Waals surface area contributed by atoms with Crippen molar-refractivity contribution in [1.82, 2.24) is 15.3 Å². The number of aryl methyl sites for hydroxylation is 1. The van der Waals surface area contributed by atoms with E-state index < -0.39 is 0 Å². The second-order valence-electron chi connectivity index (χ2n) is 7.83. The first-order valence-corrected chi connectivity index (χ1v) is 10.4. The van der Waals surface area contributed by atoms with Gasteiger partial charge in [-0.3, -0.25) is 10.3 Å². The Hall–Kier alpha value is -3.74. The van der Waals surface area contributed by atoms with Crippen LogP contribution in [0.4, 0.5) is 22.0 Å². The van der Waals surface area contributed by atoms with Gasteiger partial charge in [0, 0.05) is 35.4 Å². The van der Waals surface area contributed by atoms with Crippen LogP contribution in [0.5, 0.6) is 0 Å². The average Bonchev–Trinajstić information content (AvgIpc) is 3.24. The minimum absolute atomic E-state index is 0.142. The van der Waals surface area contributed by atoms with Gasteiger partial charge in [-0.15, -0.1) is 0 Å². The number of hydrogen-bond donors (Lipinski definition) is 4. The van der Waals surface area contributed by atoms with Crippen molar-refractivity contribution < 1.29 is 4.79 Å². The topological polar surface area (TPSA) is 103 Å². The second kappa shape index (κ2) is 9.38. The Morgan fingerprint density at radius 3 is 2.74 bits per heavy atom. The van der Waals surface area contributed by atoms with E-state index in [2.05, 4.69) is 50.2 Å². The molecular weight excluding hydrogens is 388 g/mol. The minimum atomic E-state index is -0.271. The smallest absolute Gasteiger partial charge is 0.320 e. The summed E-state index contributed by atoms with van der Waals surface area (Å²) in [5.41, 5.74) is 4.41. The van der Waals surface area contributed by atoms with Gasteiger partial charge in [-0.1, -0.05) is 30.3 Å². The molecule has 158 valence electrons. The molecule has 0 bridgehead atoms. The number of hydrogen-bond acceptors (Lipinski definition) is 5. The van der Waals surface area contributed by atoms with Crippen molar-refractivity contribution in [3.05, 3.63) is 77.7 Å². The monoisotopic (exact) mass is 414 g/mol. The lowest BCUT2D eigenvalue weighted by molar-refractivity contribution is 0.248. The number of nitrogens with one attached hydrogen (secondary N) is 4. The normalized spacial score (nSPS) is 17.7. The minimum Gasteiger partial charge on any atom is -0.354 e. The summed E-state index contributed by atoms with van der Waals surface area (Å²) >= 11 is 0. The molecule has 0 spiro atoms. The molecule has 0 radical (unpaired) electrons. The number of nitrogens with zero attached hydrogens (tertiary/aromatic N) is 2. The average molecular weight is 415 g/mol. The van der Waals surface area contributed by atoms with Crippen molar-refractivity contribution >= 4 is 29.4 Å². The molecule has 0 saturated heterocycles. The second-order valence-corrected chi connectivity index (χ2v) is 7.83. The predicted octanol–water partition coefficient (Wildman–Crippen LogP) is 4.98. The van der Waals surface area contributed by atoms with Crippen LogP contribution in [0.1, 0.15) is 42.0 Å². The fourth-order valence-electron chi connectivity index (χ4n) is 4.02. The zero-order valence-corrected chi connectivity index (χ0v) is 17.4. The van der Waals surface area contributed by atoms with Gasteiger partial charge in [-0.05, 0) is 55.9 Å². The number of pyridine rings is 2. The number of carbonyl (C=O) groups excluding carboxylic acids is 1. The molecule has 7 nitrogen and oxygen atoms in total. The highest BCUT2D eigenvalue weighted by Gasteiger charge is 2.27. The maximum absolute atomic E-state index is 12.5. The van der Waals surface area contributed by atoms with Crippen molar-refractivity contribution in [2.75, 3.05) is 10.6 Å². The number of aromatic nitrogens is 2. The molecule has 4 rings (SSSR count). The Bertz CT molecular complexity index is 1070. The molecule has 2 atom stereocenters. The number of urea groups is 1. The van der Waals surface area contributed by atoms with Crippen LogP contribution in [0.2, 0.25) is 0 Å². The first-order valence-electron chi connectivity index (χ1n) is 10.4. The highest BCUT2D eigenvalue weighted by Crippen LogP contribution is 2.34. The number of carbonyl (C=O) groups is 1.